The number of amides is 4. The number of piperidine rings is 1. The van der Waals surface area contributed by atoms with Crippen LogP contribution in [0.2, 0.25) is 0 Å². The van der Waals surface area contributed by atoms with Gasteiger partial charge in [-0.05, 0) is 44.4 Å². The number of benzene rings is 1. The molecule has 144 valence electrons. The minimum Gasteiger partial charge on any atom is -0.328 e. The Balaban J connectivity index is 1.74. The van der Waals surface area contributed by atoms with Crippen molar-refractivity contribution in [3.63, 3.8) is 0 Å². The molecule has 1 fully saturated rings. The molecule has 0 aromatic heterocycles. The van der Waals surface area contributed by atoms with Gasteiger partial charge in [0.1, 0.15) is 6.04 Å². The van der Waals surface area contributed by atoms with E-state index in [1.165, 1.54) is 0 Å². The summed E-state index contributed by atoms with van der Waals surface area (Å²) in [6.45, 7) is 4.53. The van der Waals surface area contributed by atoms with Crippen molar-refractivity contribution in [1.82, 2.24) is 15.5 Å². The first-order valence-electron chi connectivity index (χ1n) is 9.11. The number of hydrogen-bond acceptors (Lipinski definition) is 6. The first-order chi connectivity index (χ1) is 12.8. The van der Waals surface area contributed by atoms with E-state index in [1.54, 1.807) is 18.2 Å². The van der Waals surface area contributed by atoms with Gasteiger partial charge in [-0.3, -0.25) is 29.4 Å². The van der Waals surface area contributed by atoms with Gasteiger partial charge in [0.05, 0.1) is 11.1 Å². The third-order valence-corrected chi connectivity index (χ3v) is 4.88. The van der Waals surface area contributed by atoms with E-state index < -0.39 is 23.8 Å². The molecule has 8 nitrogen and oxygen atoms in total. The van der Waals surface area contributed by atoms with Crippen LogP contribution in [0.1, 0.15) is 59.4 Å². The Morgan fingerprint density at radius 1 is 1.19 bits per heavy atom. The molecule has 8 heteroatoms. The number of carbonyl (C=O) groups excluding carboxylic acids is 4. The zero-order chi connectivity index (χ0) is 19.7. The molecule has 0 saturated carbocycles. The second kappa shape index (κ2) is 7.58. The Hall–Kier alpha value is -2.58. The van der Waals surface area contributed by atoms with E-state index in [1.807, 2.05) is 13.8 Å². The first kappa shape index (κ1) is 19.2. The molecule has 3 rings (SSSR count). The molecule has 4 amide bonds. The minimum absolute atomic E-state index is 0.0915. The third kappa shape index (κ3) is 3.91. The summed E-state index contributed by atoms with van der Waals surface area (Å²) in [5.74, 6) is -1.97. The van der Waals surface area contributed by atoms with Gasteiger partial charge in [-0.2, -0.15) is 0 Å². The topological polar surface area (TPSA) is 122 Å². The van der Waals surface area contributed by atoms with Crippen molar-refractivity contribution in [2.75, 3.05) is 0 Å². The largest absolute Gasteiger partial charge is 0.328 e. The van der Waals surface area contributed by atoms with E-state index in [-0.39, 0.29) is 36.4 Å². The molecule has 3 unspecified atom stereocenters. The van der Waals surface area contributed by atoms with Gasteiger partial charge in [-0.25, -0.2) is 0 Å². The summed E-state index contributed by atoms with van der Waals surface area (Å²) in [6.07, 6.45) is 1.08. The van der Waals surface area contributed by atoms with Crippen molar-refractivity contribution in [1.29, 1.82) is 0 Å². The van der Waals surface area contributed by atoms with Crippen molar-refractivity contribution in [2.45, 2.75) is 57.8 Å². The monoisotopic (exact) mass is 372 g/mol. The van der Waals surface area contributed by atoms with Gasteiger partial charge in [0, 0.05) is 25.0 Å². The second-order valence-electron chi connectivity index (χ2n) is 7.32. The normalized spacial score (nSPS) is 21.9. The highest BCUT2D eigenvalue weighted by atomic mass is 16.2. The summed E-state index contributed by atoms with van der Waals surface area (Å²) in [5, 5.41) is 5.53. The molecule has 2 aliphatic rings. The second-order valence-corrected chi connectivity index (χ2v) is 7.32. The van der Waals surface area contributed by atoms with E-state index in [9.17, 15) is 19.2 Å². The average Bonchev–Trinajstić information content (AvgIpc) is 2.84. The Morgan fingerprint density at radius 3 is 2.56 bits per heavy atom. The van der Waals surface area contributed by atoms with Gasteiger partial charge in [0.15, 0.2) is 0 Å². The maximum atomic E-state index is 12.8. The molecule has 0 aliphatic carbocycles. The summed E-state index contributed by atoms with van der Waals surface area (Å²) in [6, 6.07) is 4.47. The predicted octanol–water partition coefficient (Wildman–Crippen LogP) is 0.303. The number of hydrogen-bond donors (Lipinski definition) is 3. The maximum absolute atomic E-state index is 12.8. The van der Waals surface area contributed by atoms with E-state index >= 15 is 0 Å². The smallest absolute Gasteiger partial charge is 0.262 e. The Labute approximate surface area is 157 Å². The summed E-state index contributed by atoms with van der Waals surface area (Å²) in [5.41, 5.74) is 7.25. The molecule has 0 bridgehead atoms. The zero-order valence-electron chi connectivity index (χ0n) is 15.5. The molecular weight excluding hydrogens is 348 g/mol. The van der Waals surface area contributed by atoms with Crippen LogP contribution in [0.25, 0.3) is 0 Å². The maximum Gasteiger partial charge on any atom is 0.262 e. The number of imide groups is 2. The minimum atomic E-state index is -0.942. The van der Waals surface area contributed by atoms with E-state index in [2.05, 4.69) is 10.6 Å². The van der Waals surface area contributed by atoms with Crippen molar-refractivity contribution >= 4 is 23.6 Å². The molecule has 1 aromatic rings. The van der Waals surface area contributed by atoms with E-state index in [0.29, 0.717) is 12.1 Å². The molecular formula is C19H24N4O4. The van der Waals surface area contributed by atoms with E-state index in [4.69, 9.17) is 5.73 Å². The molecule has 27 heavy (non-hydrogen) atoms. The van der Waals surface area contributed by atoms with Crippen LogP contribution in [0, 0.1) is 0 Å². The number of nitrogens with zero attached hydrogens (tertiary/aromatic N) is 1. The van der Waals surface area contributed by atoms with Crippen LogP contribution in [-0.2, 0) is 16.1 Å². The molecule has 2 heterocycles. The highest BCUT2D eigenvalue weighted by Crippen LogP contribution is 2.28. The van der Waals surface area contributed by atoms with Gasteiger partial charge in [0.2, 0.25) is 11.8 Å². The van der Waals surface area contributed by atoms with Crippen LogP contribution in [0.15, 0.2) is 18.2 Å². The van der Waals surface area contributed by atoms with Gasteiger partial charge in [-0.1, -0.05) is 6.07 Å². The molecule has 3 atom stereocenters. The fourth-order valence-corrected chi connectivity index (χ4v) is 3.56. The summed E-state index contributed by atoms with van der Waals surface area (Å²) in [7, 11) is 0. The van der Waals surface area contributed by atoms with Crippen molar-refractivity contribution < 1.29 is 19.2 Å². The van der Waals surface area contributed by atoms with Gasteiger partial charge >= 0.3 is 0 Å². The number of nitrogens with two attached hydrogens (primary N) is 1. The molecule has 1 saturated heterocycles. The fourth-order valence-electron chi connectivity index (χ4n) is 3.56. The number of carbonyl (C=O) groups is 4. The van der Waals surface area contributed by atoms with Crippen molar-refractivity contribution in [3.8, 4) is 0 Å². The lowest BCUT2D eigenvalue weighted by Gasteiger charge is -2.27. The van der Waals surface area contributed by atoms with Crippen molar-refractivity contribution in [2.24, 2.45) is 5.73 Å². The first-order valence-corrected chi connectivity index (χ1v) is 9.11. The SMILES string of the molecule is CC(N)CC(C)NCc1ccc2c(c1)C(=O)N(C1CCC(=O)NC1=O)C2=O. The summed E-state index contributed by atoms with van der Waals surface area (Å²) >= 11 is 0. The summed E-state index contributed by atoms with van der Waals surface area (Å²) in [4.78, 5) is 49.8. The van der Waals surface area contributed by atoms with Gasteiger partial charge < -0.3 is 11.1 Å². The lowest BCUT2D eigenvalue weighted by molar-refractivity contribution is -0.136. The van der Waals surface area contributed by atoms with Crippen molar-refractivity contribution in [3.05, 3.63) is 34.9 Å². The standard InChI is InChI=1S/C19H24N4O4/c1-10(20)7-11(2)21-9-12-3-4-13-14(8-12)19(27)23(18(13)26)15-5-6-16(24)22-17(15)25/h3-4,8,10-11,15,21H,5-7,9,20H2,1-2H3,(H,22,24,25). The quantitative estimate of drug-likeness (QED) is 0.618. The van der Waals surface area contributed by atoms with Crippen LogP contribution in [0.4, 0.5) is 0 Å². The van der Waals surface area contributed by atoms with Crippen LogP contribution in [0.5, 0.6) is 0 Å². The lowest BCUT2D eigenvalue weighted by Crippen LogP contribution is -2.54. The summed E-state index contributed by atoms with van der Waals surface area (Å²) < 4.78 is 0. The van der Waals surface area contributed by atoms with Crippen LogP contribution in [-0.4, -0.2) is 46.7 Å². The molecule has 4 N–H and O–H groups in total. The Morgan fingerprint density at radius 2 is 1.89 bits per heavy atom. The number of fused-ring (bicyclic) bond motifs is 1. The molecule has 0 spiro atoms. The fraction of sp³-hybridized carbons (Fsp3) is 0.474. The van der Waals surface area contributed by atoms with Crippen LogP contribution < -0.4 is 16.4 Å². The predicted molar refractivity (Wildman–Crippen MR) is 97.7 cm³/mol. The lowest BCUT2D eigenvalue weighted by atomic mass is 10.0. The Kier molecular flexibility index (Phi) is 5.38. The van der Waals surface area contributed by atoms with E-state index in [0.717, 1.165) is 16.9 Å². The highest BCUT2D eigenvalue weighted by Gasteiger charge is 2.44. The number of rotatable bonds is 6. The highest BCUT2D eigenvalue weighted by molar-refractivity contribution is 6.23. The molecule has 0 radical (unpaired) electrons. The van der Waals surface area contributed by atoms with Gasteiger partial charge in [0.25, 0.3) is 11.8 Å². The third-order valence-electron chi connectivity index (χ3n) is 4.88. The Bertz CT molecular complexity index is 805. The molecule has 2 aliphatic heterocycles. The average molecular weight is 372 g/mol. The van der Waals surface area contributed by atoms with Crippen LogP contribution >= 0.6 is 0 Å². The molecule has 1 aromatic carbocycles. The number of nitrogens with one attached hydrogen (secondary N) is 2. The van der Waals surface area contributed by atoms with Gasteiger partial charge in [-0.15, -0.1) is 0 Å². The van der Waals surface area contributed by atoms with Crippen LogP contribution in [0.3, 0.4) is 0 Å². The zero-order valence-corrected chi connectivity index (χ0v) is 15.5.